The zero-order valence-electron chi connectivity index (χ0n) is 6.86. The maximum Gasteiger partial charge on any atom is 0.165 e. The molecule has 0 radical (unpaired) electrons. The summed E-state index contributed by atoms with van der Waals surface area (Å²) in [6.45, 7) is 0.588. The van der Waals surface area contributed by atoms with Gasteiger partial charge in [0.05, 0.1) is 6.61 Å². The van der Waals surface area contributed by atoms with E-state index >= 15 is 0 Å². The van der Waals surface area contributed by atoms with Gasteiger partial charge in [0.25, 0.3) is 0 Å². The lowest BCUT2D eigenvalue weighted by molar-refractivity contribution is 0.339. The quantitative estimate of drug-likeness (QED) is 0.688. The van der Waals surface area contributed by atoms with Gasteiger partial charge in [-0.1, -0.05) is 0 Å². The number of anilines is 1. The van der Waals surface area contributed by atoms with Gasteiger partial charge in [0.2, 0.25) is 0 Å². The molecule has 0 amide bonds. The van der Waals surface area contributed by atoms with Crippen molar-refractivity contribution < 1.29 is 9.13 Å². The van der Waals surface area contributed by atoms with Crippen LogP contribution < -0.4 is 10.1 Å². The van der Waals surface area contributed by atoms with Gasteiger partial charge in [-0.25, -0.2) is 4.39 Å². The van der Waals surface area contributed by atoms with Gasteiger partial charge in [-0.15, -0.1) is 0 Å². The third-order valence-electron chi connectivity index (χ3n) is 2.08. The van der Waals surface area contributed by atoms with Crippen molar-refractivity contribution in [2.75, 3.05) is 19.0 Å². The van der Waals surface area contributed by atoms with Crippen molar-refractivity contribution in [3.8, 4) is 5.75 Å². The predicted octanol–water partition coefficient (Wildman–Crippen LogP) is 1.80. The summed E-state index contributed by atoms with van der Waals surface area (Å²) in [5, 5.41) is 3.01. The molecule has 1 aliphatic rings. The maximum atomic E-state index is 13.1. The number of halogens is 1. The molecule has 0 bridgehead atoms. The topological polar surface area (TPSA) is 21.3 Å². The Kier molecular flexibility index (Phi) is 1.64. The van der Waals surface area contributed by atoms with Gasteiger partial charge >= 0.3 is 0 Å². The molecule has 0 aromatic heterocycles. The van der Waals surface area contributed by atoms with Gasteiger partial charge in [0.15, 0.2) is 11.6 Å². The van der Waals surface area contributed by atoms with Crippen LogP contribution in [0.2, 0.25) is 0 Å². The molecular formula is C9H10FNO. The second-order valence-electron chi connectivity index (χ2n) is 2.75. The molecule has 0 saturated carbocycles. The molecule has 0 atom stereocenters. The lowest BCUT2D eigenvalue weighted by Gasteiger charge is -2.06. The third kappa shape index (κ3) is 0.932. The highest BCUT2D eigenvalue weighted by Gasteiger charge is 2.19. The van der Waals surface area contributed by atoms with E-state index in [1.54, 1.807) is 6.07 Å². The Balaban J connectivity index is 2.57. The van der Waals surface area contributed by atoms with Crippen LogP contribution in [-0.2, 0) is 6.42 Å². The van der Waals surface area contributed by atoms with E-state index < -0.39 is 0 Å². The molecule has 0 saturated heterocycles. The molecule has 12 heavy (non-hydrogen) atoms. The smallest absolute Gasteiger partial charge is 0.165 e. The highest BCUT2D eigenvalue weighted by atomic mass is 19.1. The number of benzene rings is 1. The standard InChI is InChI=1S/C9H10FNO/c1-11-8-3-2-7(10)9-6(8)4-5-12-9/h2-3,11H,4-5H2,1H3. The molecule has 1 aromatic rings. The summed E-state index contributed by atoms with van der Waals surface area (Å²) >= 11 is 0. The Hall–Kier alpha value is -1.25. The Morgan fingerprint density at radius 2 is 2.33 bits per heavy atom. The highest BCUT2D eigenvalue weighted by molar-refractivity contribution is 5.59. The zero-order valence-corrected chi connectivity index (χ0v) is 6.86. The fourth-order valence-corrected chi connectivity index (χ4v) is 1.49. The monoisotopic (exact) mass is 167 g/mol. The minimum atomic E-state index is -0.262. The summed E-state index contributed by atoms with van der Waals surface area (Å²) in [5.74, 6) is 0.156. The largest absolute Gasteiger partial charge is 0.490 e. The lowest BCUT2D eigenvalue weighted by atomic mass is 10.1. The third-order valence-corrected chi connectivity index (χ3v) is 2.08. The normalized spacial score (nSPS) is 13.8. The Labute approximate surface area is 70.3 Å². The van der Waals surface area contributed by atoms with Crippen LogP contribution in [0.1, 0.15) is 5.56 Å². The average molecular weight is 167 g/mol. The minimum Gasteiger partial charge on any atom is -0.490 e. The Bertz CT molecular complexity index is 312. The Morgan fingerprint density at radius 3 is 3.08 bits per heavy atom. The molecule has 2 nitrogen and oxygen atoms in total. The summed E-state index contributed by atoms with van der Waals surface area (Å²) in [6, 6.07) is 3.17. The van der Waals surface area contributed by atoms with Crippen molar-refractivity contribution in [3.63, 3.8) is 0 Å². The van der Waals surface area contributed by atoms with E-state index in [-0.39, 0.29) is 5.82 Å². The van der Waals surface area contributed by atoms with Crippen LogP contribution in [0.4, 0.5) is 10.1 Å². The summed E-state index contributed by atoms with van der Waals surface area (Å²) in [6.07, 6.45) is 0.795. The van der Waals surface area contributed by atoms with Crippen LogP contribution in [0.5, 0.6) is 5.75 Å². The summed E-state index contributed by atoms with van der Waals surface area (Å²) in [5.41, 5.74) is 1.92. The molecule has 1 aromatic carbocycles. The zero-order chi connectivity index (χ0) is 8.55. The summed E-state index contributed by atoms with van der Waals surface area (Å²) < 4.78 is 18.2. The molecular weight excluding hydrogens is 157 g/mol. The van der Waals surface area contributed by atoms with Crippen LogP contribution in [0.15, 0.2) is 12.1 Å². The van der Waals surface area contributed by atoms with E-state index in [1.807, 2.05) is 7.05 Å². The summed E-state index contributed by atoms with van der Waals surface area (Å²) in [4.78, 5) is 0. The van der Waals surface area contributed by atoms with E-state index in [1.165, 1.54) is 6.07 Å². The first-order valence-corrected chi connectivity index (χ1v) is 3.95. The molecule has 0 aliphatic carbocycles. The molecule has 2 rings (SSSR count). The van der Waals surface area contributed by atoms with Crippen LogP contribution in [0, 0.1) is 5.82 Å². The van der Waals surface area contributed by atoms with Gasteiger partial charge in [-0.3, -0.25) is 0 Å². The first-order chi connectivity index (χ1) is 5.83. The maximum absolute atomic E-state index is 13.1. The van der Waals surface area contributed by atoms with E-state index in [0.29, 0.717) is 12.4 Å². The average Bonchev–Trinajstić information content (AvgIpc) is 2.54. The number of nitrogens with one attached hydrogen (secondary N) is 1. The fourth-order valence-electron chi connectivity index (χ4n) is 1.49. The van der Waals surface area contributed by atoms with Crippen LogP contribution in [0.3, 0.4) is 0 Å². The van der Waals surface area contributed by atoms with E-state index in [4.69, 9.17) is 4.74 Å². The van der Waals surface area contributed by atoms with E-state index in [9.17, 15) is 4.39 Å². The van der Waals surface area contributed by atoms with Gasteiger partial charge in [-0.05, 0) is 12.1 Å². The van der Waals surface area contributed by atoms with Crippen molar-refractivity contribution >= 4 is 5.69 Å². The molecule has 64 valence electrons. The van der Waals surface area contributed by atoms with Gasteiger partial charge in [-0.2, -0.15) is 0 Å². The first kappa shape index (κ1) is 7.40. The number of fused-ring (bicyclic) bond motifs is 1. The van der Waals surface area contributed by atoms with Crippen molar-refractivity contribution in [3.05, 3.63) is 23.5 Å². The SMILES string of the molecule is CNc1ccc(F)c2c1CCO2. The number of hydrogen-bond donors (Lipinski definition) is 1. The van der Waals surface area contributed by atoms with E-state index in [0.717, 1.165) is 17.7 Å². The van der Waals surface area contributed by atoms with Crippen molar-refractivity contribution in [1.82, 2.24) is 0 Å². The number of hydrogen-bond acceptors (Lipinski definition) is 2. The molecule has 0 spiro atoms. The predicted molar refractivity (Wildman–Crippen MR) is 45.1 cm³/mol. The van der Waals surface area contributed by atoms with Gasteiger partial charge in [0, 0.05) is 24.7 Å². The van der Waals surface area contributed by atoms with Crippen molar-refractivity contribution in [1.29, 1.82) is 0 Å². The molecule has 1 N–H and O–H groups in total. The summed E-state index contributed by atoms with van der Waals surface area (Å²) in [7, 11) is 1.83. The Morgan fingerprint density at radius 1 is 1.50 bits per heavy atom. The molecule has 1 aliphatic heterocycles. The highest BCUT2D eigenvalue weighted by Crippen LogP contribution is 2.33. The van der Waals surface area contributed by atoms with Crippen LogP contribution in [0.25, 0.3) is 0 Å². The molecule has 0 fully saturated rings. The van der Waals surface area contributed by atoms with Crippen molar-refractivity contribution in [2.24, 2.45) is 0 Å². The van der Waals surface area contributed by atoms with Gasteiger partial charge < -0.3 is 10.1 Å². The first-order valence-electron chi connectivity index (χ1n) is 3.95. The molecule has 0 unspecified atom stereocenters. The van der Waals surface area contributed by atoms with Crippen LogP contribution in [-0.4, -0.2) is 13.7 Å². The molecule has 3 heteroatoms. The second kappa shape index (κ2) is 2.66. The van der Waals surface area contributed by atoms with E-state index in [2.05, 4.69) is 5.32 Å². The lowest BCUT2D eigenvalue weighted by Crippen LogP contribution is -1.93. The van der Waals surface area contributed by atoms with Crippen LogP contribution >= 0.6 is 0 Å². The molecule has 1 heterocycles. The number of rotatable bonds is 1. The number of ether oxygens (including phenoxy) is 1. The van der Waals surface area contributed by atoms with Gasteiger partial charge in [0.1, 0.15) is 0 Å². The minimum absolute atomic E-state index is 0.262. The second-order valence-corrected chi connectivity index (χ2v) is 2.75. The van der Waals surface area contributed by atoms with Crippen molar-refractivity contribution in [2.45, 2.75) is 6.42 Å². The fraction of sp³-hybridized carbons (Fsp3) is 0.333.